The molecule has 17 nitrogen and oxygen atoms in total. The molecular formula is C46H58N10O7. The summed E-state index contributed by atoms with van der Waals surface area (Å²) in [6.07, 6.45) is 5.72. The Balaban J connectivity index is 1.55. The highest BCUT2D eigenvalue weighted by molar-refractivity contribution is 6.00. The molecule has 17 heteroatoms. The van der Waals surface area contributed by atoms with Gasteiger partial charge in [-0.05, 0) is 93.1 Å². The molecule has 63 heavy (non-hydrogen) atoms. The molecule has 4 atom stereocenters. The van der Waals surface area contributed by atoms with E-state index in [9.17, 15) is 24.0 Å². The molecule has 0 saturated heterocycles. The van der Waals surface area contributed by atoms with Gasteiger partial charge in [-0.3, -0.25) is 24.0 Å². The second kappa shape index (κ2) is 23.1. The molecule has 1 aliphatic carbocycles. The maximum absolute atomic E-state index is 14.6. The van der Waals surface area contributed by atoms with Crippen LogP contribution in [0.3, 0.4) is 0 Å². The van der Waals surface area contributed by atoms with Crippen LogP contribution in [-0.4, -0.2) is 104 Å². The van der Waals surface area contributed by atoms with E-state index in [0.29, 0.717) is 51.1 Å². The van der Waals surface area contributed by atoms with Gasteiger partial charge in [0.15, 0.2) is 0 Å². The van der Waals surface area contributed by atoms with Crippen molar-refractivity contribution in [2.75, 3.05) is 46.4 Å². The molecular weight excluding hydrogens is 805 g/mol. The van der Waals surface area contributed by atoms with Gasteiger partial charge in [-0.25, -0.2) is 4.98 Å². The molecule has 5 amide bonds. The minimum atomic E-state index is -1.38. The molecule has 1 saturated carbocycles. The van der Waals surface area contributed by atoms with Crippen LogP contribution in [0.15, 0.2) is 48.5 Å². The number of hydrogen-bond donors (Lipinski definition) is 7. The molecule has 2 heterocycles. The predicted molar refractivity (Wildman–Crippen MR) is 236 cm³/mol. The monoisotopic (exact) mass is 862 g/mol. The number of hydrogen-bond acceptors (Lipinski definition) is 12. The highest BCUT2D eigenvalue weighted by Gasteiger charge is 2.36. The van der Waals surface area contributed by atoms with E-state index in [1.807, 2.05) is 6.07 Å². The minimum Gasteiger partial charge on any atom is -0.492 e. The van der Waals surface area contributed by atoms with Crippen molar-refractivity contribution in [2.24, 2.45) is 23.1 Å². The summed E-state index contributed by atoms with van der Waals surface area (Å²) >= 11 is 0. The van der Waals surface area contributed by atoms with Crippen LogP contribution in [0.25, 0.3) is 11.1 Å². The van der Waals surface area contributed by atoms with E-state index in [4.69, 9.17) is 31.9 Å². The molecule has 2 aromatic carbocycles. The van der Waals surface area contributed by atoms with Crippen LogP contribution >= 0.6 is 0 Å². The summed E-state index contributed by atoms with van der Waals surface area (Å²) in [7, 11) is 1.42. The van der Waals surface area contributed by atoms with Gasteiger partial charge in [0.05, 0.1) is 17.3 Å². The summed E-state index contributed by atoms with van der Waals surface area (Å²) in [5.41, 5.74) is 20.8. The van der Waals surface area contributed by atoms with Crippen LogP contribution in [0, 0.1) is 36.0 Å². The van der Waals surface area contributed by atoms with Crippen LogP contribution < -0.4 is 47.9 Å². The van der Waals surface area contributed by atoms with Crippen molar-refractivity contribution >= 4 is 29.5 Å². The lowest BCUT2D eigenvalue weighted by molar-refractivity contribution is -0.141. The summed E-state index contributed by atoms with van der Waals surface area (Å²) in [6.45, 7) is 3.57. The Hall–Kier alpha value is -6.53. The van der Waals surface area contributed by atoms with E-state index in [2.05, 4.69) is 38.1 Å². The molecule has 1 aliphatic heterocycles. The summed E-state index contributed by atoms with van der Waals surface area (Å²) < 4.78 is 12.2. The molecule has 3 aromatic rings. The Morgan fingerprint density at radius 3 is 2.25 bits per heavy atom. The lowest BCUT2D eigenvalue weighted by atomic mass is 9.90. The lowest BCUT2D eigenvalue weighted by Gasteiger charge is -2.32. The Bertz CT molecular complexity index is 2240. The van der Waals surface area contributed by atoms with E-state index in [1.165, 1.54) is 25.3 Å². The maximum atomic E-state index is 14.6. The predicted octanol–water partition coefficient (Wildman–Crippen LogP) is 1.50. The fourth-order valence-electron chi connectivity index (χ4n) is 7.66. The quantitative estimate of drug-likeness (QED) is 0.0898. The first-order valence-corrected chi connectivity index (χ1v) is 21.3. The molecule has 334 valence electrons. The van der Waals surface area contributed by atoms with Gasteiger partial charge in [-0.15, -0.1) is 0 Å². The van der Waals surface area contributed by atoms with Crippen molar-refractivity contribution < 1.29 is 33.4 Å². The SMILES string of the molecule is Cc1nc(C#CC2CCCCC2)ccc1C(=O)N[C@@H](CCN)C(=O)N(C)[C@@H]1C(=O)N[C@@H](C)C(=O)N[C@H](C(=O)NCC#N)Cc2ccc(OCCN)c(c2)-c2cc1ccc2OCCN. The highest BCUT2D eigenvalue weighted by Crippen LogP contribution is 2.40. The first kappa shape index (κ1) is 47.5. The number of amides is 5. The van der Waals surface area contributed by atoms with E-state index in [-0.39, 0.29) is 57.8 Å². The van der Waals surface area contributed by atoms with Crippen molar-refractivity contribution in [2.45, 2.75) is 83.0 Å². The Morgan fingerprint density at radius 1 is 0.921 bits per heavy atom. The van der Waals surface area contributed by atoms with Crippen LogP contribution in [0.2, 0.25) is 0 Å². The van der Waals surface area contributed by atoms with Crippen molar-refractivity contribution in [1.82, 2.24) is 31.2 Å². The number of fused-ring (bicyclic) bond motifs is 5. The zero-order chi connectivity index (χ0) is 45.5. The third kappa shape index (κ3) is 12.5. The number of rotatable bonds is 14. The van der Waals surface area contributed by atoms with Gasteiger partial charge in [0.1, 0.15) is 61.1 Å². The van der Waals surface area contributed by atoms with Gasteiger partial charge in [-0.1, -0.05) is 37.3 Å². The maximum Gasteiger partial charge on any atom is 0.253 e. The second-order valence-electron chi connectivity index (χ2n) is 15.6. The third-order valence-electron chi connectivity index (χ3n) is 11.0. The fourth-order valence-corrected chi connectivity index (χ4v) is 7.66. The number of ether oxygens (including phenoxy) is 2. The van der Waals surface area contributed by atoms with Crippen molar-refractivity contribution in [3.63, 3.8) is 0 Å². The number of nitriles is 1. The minimum absolute atomic E-state index is 0.00881. The van der Waals surface area contributed by atoms with E-state index in [0.717, 1.165) is 25.7 Å². The summed E-state index contributed by atoms with van der Waals surface area (Å²) in [5, 5.41) is 19.9. The van der Waals surface area contributed by atoms with Gasteiger partial charge >= 0.3 is 0 Å². The largest absolute Gasteiger partial charge is 0.492 e. The normalized spacial score (nSPS) is 18.1. The molecule has 0 unspecified atom stereocenters. The third-order valence-corrected chi connectivity index (χ3v) is 11.0. The number of pyridine rings is 1. The molecule has 0 spiro atoms. The summed E-state index contributed by atoms with van der Waals surface area (Å²) in [5.74, 6) is 4.33. The number of carbonyl (C=O) groups is 5. The topological polar surface area (TPSA) is 270 Å². The molecule has 10 N–H and O–H groups in total. The Labute approximate surface area is 368 Å². The van der Waals surface area contributed by atoms with Crippen molar-refractivity contribution in [3.8, 4) is 40.5 Å². The average Bonchev–Trinajstić information content (AvgIpc) is 3.28. The number of aryl methyl sites for hydroxylation is 1. The van der Waals surface area contributed by atoms with E-state index < -0.39 is 53.7 Å². The smallest absolute Gasteiger partial charge is 0.253 e. The van der Waals surface area contributed by atoms with Gasteiger partial charge in [0.2, 0.25) is 23.6 Å². The van der Waals surface area contributed by atoms with Crippen LogP contribution in [-0.2, 0) is 25.6 Å². The van der Waals surface area contributed by atoms with Gasteiger partial charge in [-0.2, -0.15) is 5.26 Å². The lowest BCUT2D eigenvalue weighted by Crippen LogP contribution is -2.56. The zero-order valence-electron chi connectivity index (χ0n) is 36.1. The van der Waals surface area contributed by atoms with Crippen LogP contribution in [0.4, 0.5) is 0 Å². The number of nitrogens with one attached hydrogen (secondary N) is 4. The number of aromatic nitrogens is 1. The van der Waals surface area contributed by atoms with Gasteiger partial charge in [0.25, 0.3) is 5.91 Å². The number of nitrogens with two attached hydrogens (primary N) is 3. The van der Waals surface area contributed by atoms with Crippen molar-refractivity contribution in [1.29, 1.82) is 5.26 Å². The molecule has 4 bridgehead atoms. The standard InChI is InChI=1S/C46H58N10O7/c1-28-34(14-13-33(52-28)12-9-30-7-5-4-6-8-30)43(58)54-37(17-18-47)46(61)56(3)41-32-11-16-40(63-24-21-50)36(27-32)35-25-31(10-15-39(35)62-23-20-49)26-38(44(59)51-22-19-48)55-42(57)29(2)53-45(41)60/h10-11,13-16,25,27,29-30,37-38,41H,4-8,17-18,20-24,26,47,49-50H2,1-3H3,(H,51,59)(H,53,60)(H,54,58)(H,55,57)/t29-,37-,38-,41-/m0/s1. The number of nitrogens with zero attached hydrogens (tertiary/aromatic N) is 3. The van der Waals surface area contributed by atoms with Gasteiger partial charge < -0.3 is 52.8 Å². The second-order valence-corrected chi connectivity index (χ2v) is 15.6. The number of benzene rings is 2. The average molecular weight is 863 g/mol. The number of likely N-dealkylation sites (N-methyl/N-ethyl adjacent to an activating group) is 1. The summed E-state index contributed by atoms with van der Waals surface area (Å²) in [6, 6.07) is 10.5. The first-order chi connectivity index (χ1) is 30.4. The molecule has 1 aromatic heterocycles. The molecule has 0 radical (unpaired) electrons. The van der Waals surface area contributed by atoms with Crippen LogP contribution in [0.5, 0.6) is 11.5 Å². The van der Waals surface area contributed by atoms with E-state index >= 15 is 0 Å². The van der Waals surface area contributed by atoms with E-state index in [1.54, 1.807) is 55.5 Å². The Kier molecular flexibility index (Phi) is 17.4. The van der Waals surface area contributed by atoms with Gasteiger partial charge in [0, 0.05) is 43.6 Å². The highest BCUT2D eigenvalue weighted by atomic mass is 16.5. The number of carbonyl (C=O) groups excluding carboxylic acids is 5. The first-order valence-electron chi connectivity index (χ1n) is 21.3. The van der Waals surface area contributed by atoms with Crippen LogP contribution in [0.1, 0.15) is 84.4 Å². The molecule has 1 fully saturated rings. The molecule has 5 rings (SSSR count). The Morgan fingerprint density at radius 2 is 1.60 bits per heavy atom. The fraction of sp³-hybridized carbons (Fsp3) is 0.457. The zero-order valence-corrected chi connectivity index (χ0v) is 36.1. The molecule has 2 aliphatic rings. The summed E-state index contributed by atoms with van der Waals surface area (Å²) in [4.78, 5) is 75.7. The van der Waals surface area contributed by atoms with Crippen molar-refractivity contribution in [3.05, 3.63) is 76.6 Å².